The maximum atomic E-state index is 11.1. The molecule has 0 spiro atoms. The summed E-state index contributed by atoms with van der Waals surface area (Å²) in [6, 6.07) is 9.90. The van der Waals surface area contributed by atoms with Crippen molar-refractivity contribution in [3.05, 3.63) is 52.8 Å². The molecule has 0 saturated heterocycles. The highest BCUT2D eigenvalue weighted by molar-refractivity contribution is 5.87. The molecule has 2 rings (SSSR count). The number of anilines is 1. The van der Waals surface area contributed by atoms with Crippen LogP contribution in [0.1, 0.15) is 69.0 Å². The van der Waals surface area contributed by atoms with Gasteiger partial charge in [0.2, 0.25) is 0 Å². The molecule has 0 aliphatic rings. The molecule has 0 fully saturated rings. The number of carbonyl (C=O) groups excluding carboxylic acids is 1. The molecular weight excluding hydrogens is 322 g/mol. The highest BCUT2D eigenvalue weighted by Crippen LogP contribution is 2.24. The van der Waals surface area contributed by atoms with Crippen LogP contribution in [0.2, 0.25) is 0 Å². The van der Waals surface area contributed by atoms with Gasteiger partial charge in [-0.05, 0) is 48.6 Å². The fourth-order valence-electron chi connectivity index (χ4n) is 3.56. The van der Waals surface area contributed by atoms with Crippen molar-refractivity contribution in [2.75, 3.05) is 5.32 Å². The molecule has 1 aromatic carbocycles. The molecular formula is C22H33N3O. The summed E-state index contributed by atoms with van der Waals surface area (Å²) < 4.78 is 2.55. The SMILES string of the molecule is CCCCn1c(CCC)cc(CCC)c1Cc1cccc(NC(N)=O)c1. The molecule has 0 aliphatic carbocycles. The van der Waals surface area contributed by atoms with Crippen LogP contribution in [0.5, 0.6) is 0 Å². The Morgan fingerprint density at radius 1 is 1.08 bits per heavy atom. The molecule has 0 bridgehead atoms. The number of rotatable bonds is 10. The summed E-state index contributed by atoms with van der Waals surface area (Å²) in [5.74, 6) is 0. The minimum atomic E-state index is -0.523. The van der Waals surface area contributed by atoms with E-state index in [4.69, 9.17) is 5.73 Å². The zero-order valence-electron chi connectivity index (χ0n) is 16.5. The highest BCUT2D eigenvalue weighted by atomic mass is 16.2. The van der Waals surface area contributed by atoms with Crippen molar-refractivity contribution in [3.63, 3.8) is 0 Å². The summed E-state index contributed by atoms with van der Waals surface area (Å²) in [5, 5.41) is 2.68. The first-order chi connectivity index (χ1) is 12.6. The second kappa shape index (κ2) is 10.0. The topological polar surface area (TPSA) is 60.1 Å². The second-order valence-electron chi connectivity index (χ2n) is 6.98. The Bertz CT molecular complexity index is 718. The average Bonchev–Trinajstić information content (AvgIpc) is 2.90. The largest absolute Gasteiger partial charge is 0.351 e. The number of nitrogens with two attached hydrogens (primary N) is 1. The molecule has 0 saturated carbocycles. The summed E-state index contributed by atoms with van der Waals surface area (Å²) in [7, 11) is 0. The summed E-state index contributed by atoms with van der Waals surface area (Å²) >= 11 is 0. The van der Waals surface area contributed by atoms with Gasteiger partial charge in [-0.15, -0.1) is 0 Å². The predicted octanol–water partition coefficient (Wildman–Crippen LogP) is 5.27. The fraction of sp³-hybridized carbons (Fsp3) is 0.500. The van der Waals surface area contributed by atoms with Gasteiger partial charge >= 0.3 is 6.03 Å². The van der Waals surface area contributed by atoms with Gasteiger partial charge < -0.3 is 15.6 Å². The Labute approximate surface area is 157 Å². The number of hydrogen-bond donors (Lipinski definition) is 2. The van der Waals surface area contributed by atoms with Gasteiger partial charge in [0.15, 0.2) is 0 Å². The Hall–Kier alpha value is -2.23. The van der Waals surface area contributed by atoms with E-state index in [0.29, 0.717) is 0 Å². The lowest BCUT2D eigenvalue weighted by atomic mass is 10.0. The van der Waals surface area contributed by atoms with Crippen LogP contribution < -0.4 is 11.1 Å². The quantitative estimate of drug-likeness (QED) is 0.599. The van der Waals surface area contributed by atoms with Crippen molar-refractivity contribution < 1.29 is 4.79 Å². The third kappa shape index (κ3) is 5.38. The Morgan fingerprint density at radius 3 is 2.50 bits per heavy atom. The molecule has 0 unspecified atom stereocenters. The maximum Gasteiger partial charge on any atom is 0.316 e. The third-order valence-electron chi connectivity index (χ3n) is 4.71. The number of primary amides is 1. The number of aryl methyl sites for hydroxylation is 2. The van der Waals surface area contributed by atoms with Gasteiger partial charge in [0.1, 0.15) is 0 Å². The van der Waals surface area contributed by atoms with Crippen molar-refractivity contribution >= 4 is 11.7 Å². The van der Waals surface area contributed by atoms with Crippen molar-refractivity contribution in [2.45, 2.75) is 72.3 Å². The molecule has 26 heavy (non-hydrogen) atoms. The van der Waals surface area contributed by atoms with Crippen LogP contribution in [0.3, 0.4) is 0 Å². The number of hydrogen-bond acceptors (Lipinski definition) is 1. The lowest BCUT2D eigenvalue weighted by Gasteiger charge is -2.15. The highest BCUT2D eigenvalue weighted by Gasteiger charge is 2.15. The average molecular weight is 356 g/mol. The Kier molecular flexibility index (Phi) is 7.76. The van der Waals surface area contributed by atoms with Gasteiger partial charge in [-0.1, -0.05) is 52.2 Å². The number of aromatic nitrogens is 1. The molecule has 3 N–H and O–H groups in total. The van der Waals surface area contributed by atoms with Gasteiger partial charge in [-0.3, -0.25) is 0 Å². The monoisotopic (exact) mass is 355 g/mol. The lowest BCUT2D eigenvalue weighted by Crippen LogP contribution is -2.19. The first kappa shape index (κ1) is 20.1. The van der Waals surface area contributed by atoms with Crippen molar-refractivity contribution in [1.82, 2.24) is 4.57 Å². The number of nitrogens with zero attached hydrogens (tertiary/aromatic N) is 1. The number of unbranched alkanes of at least 4 members (excludes halogenated alkanes) is 1. The van der Waals surface area contributed by atoms with E-state index in [-0.39, 0.29) is 0 Å². The summed E-state index contributed by atoms with van der Waals surface area (Å²) in [6.45, 7) is 7.82. The zero-order valence-corrected chi connectivity index (χ0v) is 16.5. The number of urea groups is 1. The fourth-order valence-corrected chi connectivity index (χ4v) is 3.56. The zero-order chi connectivity index (χ0) is 18.9. The number of amides is 2. The molecule has 2 aromatic rings. The van der Waals surface area contributed by atoms with E-state index < -0.39 is 6.03 Å². The Morgan fingerprint density at radius 2 is 1.85 bits per heavy atom. The van der Waals surface area contributed by atoms with Crippen LogP contribution in [-0.4, -0.2) is 10.6 Å². The molecule has 1 heterocycles. The molecule has 0 aliphatic heterocycles. The first-order valence-corrected chi connectivity index (χ1v) is 9.94. The number of benzene rings is 1. The van der Waals surface area contributed by atoms with Crippen LogP contribution in [0.15, 0.2) is 30.3 Å². The van der Waals surface area contributed by atoms with Crippen molar-refractivity contribution in [2.24, 2.45) is 5.73 Å². The lowest BCUT2D eigenvalue weighted by molar-refractivity contribution is 0.259. The predicted molar refractivity (Wildman–Crippen MR) is 110 cm³/mol. The normalized spacial score (nSPS) is 10.9. The van der Waals surface area contributed by atoms with Crippen molar-refractivity contribution in [3.8, 4) is 0 Å². The van der Waals surface area contributed by atoms with Crippen LogP contribution in [0.4, 0.5) is 10.5 Å². The molecule has 2 amide bonds. The molecule has 4 heteroatoms. The summed E-state index contributed by atoms with van der Waals surface area (Å²) in [6.07, 6.45) is 7.85. The van der Waals surface area contributed by atoms with Crippen LogP contribution in [-0.2, 0) is 25.8 Å². The van der Waals surface area contributed by atoms with E-state index in [9.17, 15) is 4.79 Å². The number of nitrogens with one attached hydrogen (secondary N) is 1. The Balaban J connectivity index is 2.37. The van der Waals surface area contributed by atoms with Gasteiger partial charge in [-0.25, -0.2) is 4.79 Å². The van der Waals surface area contributed by atoms with Crippen LogP contribution >= 0.6 is 0 Å². The van der Waals surface area contributed by atoms with Gasteiger partial charge in [0, 0.05) is 30.0 Å². The minimum absolute atomic E-state index is 0.523. The van der Waals surface area contributed by atoms with E-state index in [2.05, 4.69) is 42.8 Å². The van der Waals surface area contributed by atoms with Gasteiger partial charge in [0.05, 0.1) is 0 Å². The van der Waals surface area contributed by atoms with E-state index in [1.165, 1.54) is 41.8 Å². The summed E-state index contributed by atoms with van der Waals surface area (Å²) in [4.78, 5) is 11.1. The third-order valence-corrected chi connectivity index (χ3v) is 4.71. The molecule has 1 aromatic heterocycles. The smallest absolute Gasteiger partial charge is 0.316 e. The first-order valence-electron chi connectivity index (χ1n) is 9.94. The number of carbonyl (C=O) groups is 1. The van der Waals surface area contributed by atoms with Gasteiger partial charge in [0.25, 0.3) is 0 Å². The van der Waals surface area contributed by atoms with E-state index >= 15 is 0 Å². The van der Waals surface area contributed by atoms with Crippen molar-refractivity contribution in [1.29, 1.82) is 0 Å². The second-order valence-corrected chi connectivity index (χ2v) is 6.98. The molecule has 142 valence electrons. The van der Waals surface area contributed by atoms with Crippen LogP contribution in [0.25, 0.3) is 0 Å². The minimum Gasteiger partial charge on any atom is -0.351 e. The van der Waals surface area contributed by atoms with Crippen LogP contribution in [0, 0.1) is 0 Å². The van der Waals surface area contributed by atoms with E-state index in [1.54, 1.807) is 0 Å². The maximum absolute atomic E-state index is 11.1. The standard InChI is InChI=1S/C22H33N3O/c1-4-7-13-25-20(10-6-3)16-18(9-5-2)21(25)15-17-11-8-12-19(14-17)24-22(23)26/h8,11-12,14,16H,4-7,9-10,13,15H2,1-3H3,(H3,23,24,26). The summed E-state index contributed by atoms with van der Waals surface area (Å²) in [5.41, 5.74) is 11.6. The molecule has 0 radical (unpaired) electrons. The molecule has 0 atom stereocenters. The van der Waals surface area contributed by atoms with E-state index in [0.717, 1.165) is 37.9 Å². The van der Waals surface area contributed by atoms with Gasteiger partial charge in [-0.2, -0.15) is 0 Å². The van der Waals surface area contributed by atoms with E-state index in [1.807, 2.05) is 18.2 Å². The molecule has 4 nitrogen and oxygen atoms in total.